The highest BCUT2D eigenvalue weighted by molar-refractivity contribution is 7.89. The molecule has 0 amide bonds. The molecule has 1 aromatic carbocycles. The van der Waals surface area contributed by atoms with E-state index in [9.17, 15) is 26.0 Å². The van der Waals surface area contributed by atoms with Crippen molar-refractivity contribution in [3.8, 4) is 0 Å². The van der Waals surface area contributed by atoms with Gasteiger partial charge in [-0.2, -0.15) is 13.2 Å². The Labute approximate surface area is 114 Å². The average molecular weight is 314 g/mol. The van der Waals surface area contributed by atoms with Crippen LogP contribution in [0.4, 0.5) is 23.2 Å². The molecule has 0 saturated carbocycles. The summed E-state index contributed by atoms with van der Waals surface area (Å²) in [6, 6.07) is 3.32. The zero-order valence-corrected chi connectivity index (χ0v) is 11.2. The fourth-order valence-electron chi connectivity index (χ4n) is 1.49. The Kier molecular flexibility index (Phi) is 5.35. The highest BCUT2D eigenvalue weighted by Gasteiger charge is 2.26. The number of nitrogens with one attached hydrogen (secondary N) is 1. The van der Waals surface area contributed by atoms with Gasteiger partial charge in [-0.05, 0) is 25.0 Å². The smallest absolute Gasteiger partial charge is 0.389 e. The number of benzene rings is 1. The van der Waals surface area contributed by atoms with Crippen LogP contribution in [0.2, 0.25) is 0 Å². The van der Waals surface area contributed by atoms with Crippen molar-refractivity contribution in [3.05, 3.63) is 24.0 Å². The Morgan fingerprint density at radius 3 is 2.45 bits per heavy atom. The van der Waals surface area contributed by atoms with Crippen molar-refractivity contribution in [1.29, 1.82) is 0 Å². The molecule has 0 aliphatic carbocycles. The van der Waals surface area contributed by atoms with Crippen LogP contribution in [0, 0.1) is 5.82 Å². The number of hydrogen-bond acceptors (Lipinski definition) is 3. The molecule has 114 valence electrons. The summed E-state index contributed by atoms with van der Waals surface area (Å²) in [5, 5.41) is 0. The van der Waals surface area contributed by atoms with Gasteiger partial charge in [-0.1, -0.05) is 6.07 Å². The molecule has 20 heavy (non-hydrogen) atoms. The maximum absolute atomic E-state index is 13.1. The van der Waals surface area contributed by atoms with Crippen LogP contribution in [0.5, 0.6) is 0 Å². The van der Waals surface area contributed by atoms with Gasteiger partial charge in [0, 0.05) is 13.0 Å². The molecule has 0 fully saturated rings. The Hall–Kier alpha value is -1.35. The molecular weight excluding hydrogens is 300 g/mol. The molecule has 0 aromatic heterocycles. The quantitative estimate of drug-likeness (QED) is 0.481. The molecule has 0 radical (unpaired) electrons. The number of nitrogen functional groups attached to an aromatic ring is 1. The van der Waals surface area contributed by atoms with Crippen molar-refractivity contribution in [1.82, 2.24) is 4.72 Å². The second-order valence-electron chi connectivity index (χ2n) is 4.12. The molecule has 0 spiro atoms. The zero-order chi connectivity index (χ0) is 15.4. The van der Waals surface area contributed by atoms with Crippen LogP contribution < -0.4 is 10.5 Å². The van der Waals surface area contributed by atoms with Crippen molar-refractivity contribution in [3.63, 3.8) is 0 Å². The maximum atomic E-state index is 13.1. The fraction of sp³-hybridized carbons (Fsp3) is 0.455. The number of halogens is 4. The molecule has 0 aliphatic rings. The molecule has 0 saturated heterocycles. The van der Waals surface area contributed by atoms with Gasteiger partial charge in [-0.15, -0.1) is 0 Å². The van der Waals surface area contributed by atoms with Crippen LogP contribution in [0.1, 0.15) is 19.3 Å². The summed E-state index contributed by atoms with van der Waals surface area (Å²) >= 11 is 0. The predicted octanol–water partition coefficient (Wildman–Crippen LogP) is 2.42. The minimum absolute atomic E-state index is 0.0218. The van der Waals surface area contributed by atoms with E-state index >= 15 is 0 Å². The van der Waals surface area contributed by atoms with Crippen LogP contribution >= 0.6 is 0 Å². The van der Waals surface area contributed by atoms with E-state index in [0.29, 0.717) is 0 Å². The molecular formula is C11H14F4N2O2S. The van der Waals surface area contributed by atoms with Crippen molar-refractivity contribution in [2.75, 3.05) is 12.3 Å². The highest BCUT2D eigenvalue weighted by atomic mass is 32.2. The number of nitrogens with two attached hydrogens (primary N) is 1. The first-order valence-corrected chi connectivity index (χ1v) is 7.22. The molecule has 0 bridgehead atoms. The lowest BCUT2D eigenvalue weighted by Gasteiger charge is -2.10. The third kappa shape index (κ3) is 4.97. The molecule has 4 nitrogen and oxygen atoms in total. The SMILES string of the molecule is Nc1c(F)cccc1S(=O)(=O)NCCCCC(F)(F)F. The standard InChI is InChI=1S/C11H14F4N2O2S/c12-8-4-3-5-9(10(8)16)20(18,19)17-7-2-1-6-11(13,14)15/h3-5,17H,1-2,6-7,16H2. The fourth-order valence-corrected chi connectivity index (χ4v) is 2.70. The van der Waals surface area contributed by atoms with Crippen LogP contribution in [0.3, 0.4) is 0 Å². The van der Waals surface area contributed by atoms with Gasteiger partial charge in [-0.3, -0.25) is 0 Å². The molecule has 1 rings (SSSR count). The van der Waals surface area contributed by atoms with Gasteiger partial charge in [-0.25, -0.2) is 17.5 Å². The average Bonchev–Trinajstić information content (AvgIpc) is 2.30. The third-order valence-electron chi connectivity index (χ3n) is 2.48. The van der Waals surface area contributed by atoms with E-state index < -0.39 is 39.0 Å². The van der Waals surface area contributed by atoms with Gasteiger partial charge in [0.2, 0.25) is 10.0 Å². The Bertz CT molecular complexity index is 558. The third-order valence-corrected chi connectivity index (χ3v) is 4.00. The lowest BCUT2D eigenvalue weighted by atomic mass is 10.2. The predicted molar refractivity (Wildman–Crippen MR) is 65.9 cm³/mol. The Balaban J connectivity index is 2.57. The summed E-state index contributed by atoms with van der Waals surface area (Å²) in [5.74, 6) is -0.870. The van der Waals surface area contributed by atoms with Crippen molar-refractivity contribution < 1.29 is 26.0 Å². The molecule has 1 aromatic rings. The Morgan fingerprint density at radius 1 is 1.20 bits per heavy atom. The topological polar surface area (TPSA) is 72.2 Å². The first-order chi connectivity index (χ1) is 9.13. The molecule has 3 N–H and O–H groups in total. The molecule has 0 aliphatic heterocycles. The van der Waals surface area contributed by atoms with Crippen LogP contribution in [-0.4, -0.2) is 21.1 Å². The first kappa shape index (κ1) is 16.7. The number of anilines is 1. The van der Waals surface area contributed by atoms with Crippen LogP contribution in [0.15, 0.2) is 23.1 Å². The molecule has 0 atom stereocenters. The second-order valence-corrected chi connectivity index (χ2v) is 5.86. The van der Waals surface area contributed by atoms with E-state index in [4.69, 9.17) is 5.73 Å². The summed E-state index contributed by atoms with van der Waals surface area (Å²) in [6.07, 6.45) is -5.40. The number of hydrogen-bond donors (Lipinski definition) is 2. The zero-order valence-electron chi connectivity index (χ0n) is 10.4. The first-order valence-electron chi connectivity index (χ1n) is 5.74. The van der Waals surface area contributed by atoms with Crippen molar-refractivity contribution in [2.45, 2.75) is 30.3 Å². The van der Waals surface area contributed by atoms with Gasteiger partial charge in [0.1, 0.15) is 10.7 Å². The number of sulfonamides is 1. The summed E-state index contributed by atoms with van der Waals surface area (Å²) in [7, 11) is -4.03. The van der Waals surface area contributed by atoms with Gasteiger partial charge in [0.05, 0.1) is 5.69 Å². The minimum Gasteiger partial charge on any atom is -0.395 e. The van der Waals surface area contributed by atoms with Crippen LogP contribution in [0.25, 0.3) is 0 Å². The number of para-hydroxylation sites is 1. The molecule has 0 heterocycles. The van der Waals surface area contributed by atoms with E-state index in [1.54, 1.807) is 0 Å². The van der Waals surface area contributed by atoms with E-state index in [0.717, 1.165) is 12.1 Å². The van der Waals surface area contributed by atoms with Crippen molar-refractivity contribution >= 4 is 15.7 Å². The van der Waals surface area contributed by atoms with E-state index in [2.05, 4.69) is 4.72 Å². The molecule has 0 unspecified atom stereocenters. The summed E-state index contributed by atoms with van der Waals surface area (Å²) in [4.78, 5) is -0.423. The van der Waals surface area contributed by atoms with E-state index in [1.165, 1.54) is 6.07 Å². The number of rotatable bonds is 6. The van der Waals surface area contributed by atoms with Gasteiger partial charge in [0.25, 0.3) is 0 Å². The lowest BCUT2D eigenvalue weighted by Crippen LogP contribution is -2.26. The Morgan fingerprint density at radius 2 is 1.85 bits per heavy atom. The minimum atomic E-state index is -4.26. The normalized spacial score (nSPS) is 12.6. The van der Waals surface area contributed by atoms with E-state index in [1.807, 2.05) is 0 Å². The van der Waals surface area contributed by atoms with Crippen LogP contribution in [-0.2, 0) is 10.0 Å². The lowest BCUT2D eigenvalue weighted by molar-refractivity contribution is -0.135. The van der Waals surface area contributed by atoms with Gasteiger partial charge in [0.15, 0.2) is 0 Å². The van der Waals surface area contributed by atoms with Gasteiger partial charge >= 0.3 is 6.18 Å². The summed E-state index contributed by atoms with van der Waals surface area (Å²) in [6.45, 7) is -0.172. The van der Waals surface area contributed by atoms with Crippen molar-refractivity contribution in [2.24, 2.45) is 0 Å². The summed E-state index contributed by atoms with van der Waals surface area (Å²) < 4.78 is 74.4. The largest absolute Gasteiger partial charge is 0.395 e. The van der Waals surface area contributed by atoms with E-state index in [-0.39, 0.29) is 19.4 Å². The maximum Gasteiger partial charge on any atom is 0.389 e. The monoisotopic (exact) mass is 314 g/mol. The highest BCUT2D eigenvalue weighted by Crippen LogP contribution is 2.23. The van der Waals surface area contributed by atoms with Gasteiger partial charge < -0.3 is 5.73 Å². The molecule has 9 heteroatoms. The second kappa shape index (κ2) is 6.40. The summed E-state index contributed by atoms with van der Waals surface area (Å²) in [5.41, 5.74) is 4.80. The number of alkyl halides is 3. The number of unbranched alkanes of at least 4 members (excludes halogenated alkanes) is 1.